The second kappa shape index (κ2) is 11.3. The number of carbonyl (C=O) groups is 2. The smallest absolute Gasteiger partial charge is 0.412 e. The third kappa shape index (κ3) is 7.33. The van der Waals surface area contributed by atoms with Crippen molar-refractivity contribution in [2.24, 2.45) is 0 Å². The Morgan fingerprint density at radius 3 is 2.62 bits per heavy atom. The molecule has 0 aliphatic heterocycles. The Kier molecular flexibility index (Phi) is 8.83. The molecule has 2 rings (SSSR count). The molecule has 1 amide bonds. The maximum atomic E-state index is 12.3. The van der Waals surface area contributed by atoms with E-state index in [1.807, 2.05) is 6.07 Å². The molecule has 0 fully saturated rings. The molecule has 0 radical (unpaired) electrons. The normalized spacial score (nSPS) is 11.2. The van der Waals surface area contributed by atoms with Crippen LogP contribution in [0.15, 0.2) is 46.9 Å². The largest absolute Gasteiger partial charge is 0.508 e. The molecule has 0 aliphatic carbocycles. The molecule has 0 saturated carbocycles. The molecule has 0 aromatic heterocycles. The van der Waals surface area contributed by atoms with Crippen molar-refractivity contribution >= 4 is 46.3 Å². The van der Waals surface area contributed by atoms with Gasteiger partial charge in [0.25, 0.3) is 0 Å². The number of amides is 1. The fourth-order valence-electron chi connectivity index (χ4n) is 2.47. The number of halogens is 1. The van der Waals surface area contributed by atoms with E-state index >= 15 is 0 Å². The first-order valence-corrected chi connectivity index (χ1v) is 10.1. The van der Waals surface area contributed by atoms with E-state index in [0.29, 0.717) is 34.1 Å². The fourth-order valence-corrected chi connectivity index (χ4v) is 2.94. The van der Waals surface area contributed by atoms with E-state index < -0.39 is 18.2 Å². The van der Waals surface area contributed by atoms with Crippen molar-refractivity contribution in [1.82, 2.24) is 0 Å². The highest BCUT2D eigenvalue weighted by molar-refractivity contribution is 9.10. The number of benzene rings is 2. The van der Waals surface area contributed by atoms with Gasteiger partial charge in [-0.15, -0.1) is 0 Å². The molecule has 0 unspecified atom stereocenters. The summed E-state index contributed by atoms with van der Waals surface area (Å²) in [4.78, 5) is 23.5. The number of phenols is 1. The summed E-state index contributed by atoms with van der Waals surface area (Å²) in [7, 11) is 0. The summed E-state index contributed by atoms with van der Waals surface area (Å²) in [5.74, 6) is -0.467. The van der Waals surface area contributed by atoms with Crippen LogP contribution in [0.1, 0.15) is 30.1 Å². The lowest BCUT2D eigenvalue weighted by atomic mass is 10.0. The Morgan fingerprint density at radius 1 is 1.24 bits per heavy atom. The van der Waals surface area contributed by atoms with Crippen LogP contribution in [0.2, 0.25) is 0 Å². The Morgan fingerprint density at radius 2 is 1.97 bits per heavy atom. The highest BCUT2D eigenvalue weighted by Gasteiger charge is 2.21. The van der Waals surface area contributed by atoms with Gasteiger partial charge < -0.3 is 14.6 Å². The summed E-state index contributed by atoms with van der Waals surface area (Å²) in [6.07, 6.45) is -0.739. The molecule has 0 aliphatic rings. The lowest BCUT2D eigenvalue weighted by Crippen LogP contribution is -2.18. The van der Waals surface area contributed by atoms with Gasteiger partial charge in [0.1, 0.15) is 11.9 Å². The quantitative estimate of drug-likeness (QED) is 0.291. The van der Waals surface area contributed by atoms with Crippen LogP contribution >= 0.6 is 28.6 Å². The summed E-state index contributed by atoms with van der Waals surface area (Å²) in [5.41, 5.74) is 1.36. The Hall–Kier alpha value is -2.70. The predicted molar refractivity (Wildman–Crippen MR) is 114 cm³/mol. The number of hydrogen-bond acceptors (Lipinski definition) is 7. The summed E-state index contributed by atoms with van der Waals surface area (Å²) in [6, 6.07) is 13.1. The molecule has 9 heteroatoms. The minimum Gasteiger partial charge on any atom is -0.508 e. The third-order valence-corrected chi connectivity index (χ3v) is 4.60. The molecule has 1 atom stereocenters. The van der Waals surface area contributed by atoms with E-state index in [4.69, 9.17) is 14.7 Å². The molecule has 0 saturated heterocycles. The average molecular weight is 479 g/mol. The van der Waals surface area contributed by atoms with E-state index in [-0.39, 0.29) is 18.1 Å². The third-order valence-electron chi connectivity index (χ3n) is 3.85. The SMILES string of the molecule is N#Cc1ccc(NC(=O)O[C@@H](CCCOC(=O)CS)c2cc(Br)ccc2O)cc1. The van der Waals surface area contributed by atoms with Gasteiger partial charge in [0.15, 0.2) is 0 Å². The zero-order valence-corrected chi connectivity index (χ0v) is 17.8. The van der Waals surface area contributed by atoms with E-state index in [9.17, 15) is 14.7 Å². The monoisotopic (exact) mass is 478 g/mol. The van der Waals surface area contributed by atoms with Gasteiger partial charge in [-0.1, -0.05) is 15.9 Å². The first-order valence-electron chi connectivity index (χ1n) is 8.65. The number of hydrogen-bond donors (Lipinski definition) is 3. The minimum absolute atomic E-state index is 0.0145. The number of thiol groups is 1. The second-order valence-corrected chi connectivity index (χ2v) is 7.16. The number of ether oxygens (including phenoxy) is 2. The lowest BCUT2D eigenvalue weighted by molar-refractivity contribution is -0.140. The maximum Gasteiger partial charge on any atom is 0.412 e. The number of anilines is 1. The van der Waals surface area contributed by atoms with Gasteiger partial charge in [-0.2, -0.15) is 17.9 Å². The molecular formula is C20H19BrN2O5S. The summed E-state index contributed by atoms with van der Waals surface area (Å²) >= 11 is 7.17. The molecule has 2 aromatic carbocycles. The summed E-state index contributed by atoms with van der Waals surface area (Å²) in [5, 5.41) is 21.6. The Bertz CT molecular complexity index is 899. The molecule has 7 nitrogen and oxygen atoms in total. The van der Waals surface area contributed by atoms with Crippen molar-refractivity contribution in [2.75, 3.05) is 17.7 Å². The van der Waals surface area contributed by atoms with Crippen molar-refractivity contribution in [3.63, 3.8) is 0 Å². The molecule has 2 N–H and O–H groups in total. The summed E-state index contributed by atoms with van der Waals surface area (Å²) in [6.45, 7) is 0.144. The zero-order chi connectivity index (χ0) is 21.2. The van der Waals surface area contributed by atoms with Gasteiger partial charge >= 0.3 is 12.1 Å². The van der Waals surface area contributed by atoms with E-state index in [1.54, 1.807) is 36.4 Å². The van der Waals surface area contributed by atoms with Crippen molar-refractivity contribution < 1.29 is 24.2 Å². The highest BCUT2D eigenvalue weighted by atomic mass is 79.9. The number of esters is 1. The van der Waals surface area contributed by atoms with Crippen molar-refractivity contribution in [2.45, 2.75) is 18.9 Å². The van der Waals surface area contributed by atoms with Gasteiger partial charge in [0.2, 0.25) is 0 Å². The number of nitriles is 1. The predicted octanol–water partition coefficient (Wildman–Crippen LogP) is 4.57. The van der Waals surface area contributed by atoms with Crippen LogP contribution in [0.25, 0.3) is 0 Å². The van der Waals surface area contributed by atoms with Gasteiger partial charge in [-0.05, 0) is 55.3 Å². The lowest BCUT2D eigenvalue weighted by Gasteiger charge is -2.20. The number of aromatic hydroxyl groups is 1. The average Bonchev–Trinajstić information content (AvgIpc) is 2.72. The van der Waals surface area contributed by atoms with Crippen LogP contribution in [0, 0.1) is 11.3 Å². The van der Waals surface area contributed by atoms with Gasteiger partial charge in [-0.3, -0.25) is 10.1 Å². The van der Waals surface area contributed by atoms with Gasteiger partial charge in [0.05, 0.1) is 24.0 Å². The first-order chi connectivity index (χ1) is 13.9. The Balaban J connectivity index is 2.07. The number of rotatable bonds is 8. The number of phenolic OH excluding ortho intramolecular Hbond substituents is 1. The van der Waals surface area contributed by atoms with Crippen LogP contribution in [-0.2, 0) is 14.3 Å². The topological polar surface area (TPSA) is 109 Å². The second-order valence-electron chi connectivity index (χ2n) is 5.93. The van der Waals surface area contributed by atoms with Crippen LogP contribution in [0.4, 0.5) is 10.5 Å². The van der Waals surface area contributed by atoms with Gasteiger partial charge in [0, 0.05) is 15.7 Å². The number of nitrogens with one attached hydrogen (secondary N) is 1. The van der Waals surface area contributed by atoms with Gasteiger partial charge in [-0.25, -0.2) is 4.79 Å². The van der Waals surface area contributed by atoms with Crippen molar-refractivity contribution in [3.05, 3.63) is 58.1 Å². The van der Waals surface area contributed by atoms with Crippen molar-refractivity contribution in [3.8, 4) is 11.8 Å². The number of carbonyl (C=O) groups excluding carboxylic acids is 2. The molecule has 0 heterocycles. The van der Waals surface area contributed by atoms with Crippen LogP contribution < -0.4 is 5.32 Å². The molecular weight excluding hydrogens is 460 g/mol. The Labute approximate surface area is 182 Å². The highest BCUT2D eigenvalue weighted by Crippen LogP contribution is 2.33. The molecule has 0 spiro atoms. The maximum absolute atomic E-state index is 12.3. The zero-order valence-electron chi connectivity index (χ0n) is 15.3. The minimum atomic E-state index is -0.763. The molecule has 2 aromatic rings. The van der Waals surface area contributed by atoms with E-state index in [0.717, 1.165) is 0 Å². The van der Waals surface area contributed by atoms with Crippen LogP contribution in [0.3, 0.4) is 0 Å². The standard InChI is InChI=1S/C20H19BrN2O5S/c21-14-5-8-17(24)16(10-14)18(2-1-9-27-19(25)12-29)28-20(26)23-15-6-3-13(11-22)4-7-15/h3-8,10,18,24,29H,1-2,9,12H2,(H,23,26)/t18-/m0/s1. The van der Waals surface area contributed by atoms with Crippen LogP contribution in [0.5, 0.6) is 5.75 Å². The molecule has 29 heavy (non-hydrogen) atoms. The summed E-state index contributed by atoms with van der Waals surface area (Å²) < 4.78 is 11.2. The van der Waals surface area contributed by atoms with Crippen molar-refractivity contribution in [1.29, 1.82) is 5.26 Å². The molecule has 152 valence electrons. The van der Waals surface area contributed by atoms with Crippen LogP contribution in [-0.4, -0.2) is 29.5 Å². The first kappa shape index (κ1) is 22.6. The van der Waals surface area contributed by atoms with E-state index in [1.165, 1.54) is 6.07 Å². The van der Waals surface area contributed by atoms with E-state index in [2.05, 4.69) is 33.9 Å². The fraction of sp³-hybridized carbons (Fsp3) is 0.250. The number of nitrogens with zero attached hydrogens (tertiary/aromatic N) is 1. The molecule has 0 bridgehead atoms.